The van der Waals surface area contributed by atoms with Gasteiger partial charge < -0.3 is 21.3 Å². The van der Waals surface area contributed by atoms with Crippen LogP contribution in [0.3, 0.4) is 0 Å². The Morgan fingerprint density at radius 1 is 1.64 bits per heavy atom. The number of hydrogen-bond acceptors (Lipinski definition) is 4. The SMILES string of the molecule is NCC(N)=CCOP(=O)(O)O. The topological polar surface area (TPSA) is 119 Å². The van der Waals surface area contributed by atoms with Crippen molar-refractivity contribution in [2.24, 2.45) is 11.5 Å². The Balaban J connectivity index is 3.66. The van der Waals surface area contributed by atoms with E-state index < -0.39 is 7.82 Å². The van der Waals surface area contributed by atoms with Gasteiger partial charge in [-0.2, -0.15) is 0 Å². The van der Waals surface area contributed by atoms with E-state index in [-0.39, 0.29) is 13.2 Å². The van der Waals surface area contributed by atoms with Crippen LogP contribution in [0, 0.1) is 0 Å². The van der Waals surface area contributed by atoms with Crippen LogP contribution in [0.2, 0.25) is 0 Å². The van der Waals surface area contributed by atoms with Crippen molar-refractivity contribution < 1.29 is 18.9 Å². The van der Waals surface area contributed by atoms with Crippen LogP contribution in [0.4, 0.5) is 0 Å². The first kappa shape index (κ1) is 10.6. The minimum Gasteiger partial charge on any atom is -0.401 e. The van der Waals surface area contributed by atoms with Crippen LogP contribution in [-0.2, 0) is 9.09 Å². The Bertz CT molecular complexity index is 187. The summed E-state index contributed by atoms with van der Waals surface area (Å²) in [6.45, 7) is -0.0855. The van der Waals surface area contributed by atoms with Gasteiger partial charge in [0.1, 0.15) is 0 Å². The van der Waals surface area contributed by atoms with E-state index in [0.29, 0.717) is 5.70 Å². The molecule has 0 saturated heterocycles. The lowest BCUT2D eigenvalue weighted by Crippen LogP contribution is -2.11. The van der Waals surface area contributed by atoms with Crippen LogP contribution < -0.4 is 11.5 Å². The molecule has 11 heavy (non-hydrogen) atoms. The number of phosphoric ester groups is 1. The molecular weight excluding hydrogens is 171 g/mol. The molecule has 0 bridgehead atoms. The predicted octanol–water partition coefficient (Wildman–Crippen LogP) is -1.10. The lowest BCUT2D eigenvalue weighted by molar-refractivity contribution is 0.215. The quantitative estimate of drug-likeness (QED) is 0.409. The molecule has 0 aromatic rings. The van der Waals surface area contributed by atoms with E-state index in [1.54, 1.807) is 0 Å². The Hall–Kier alpha value is -0.390. The van der Waals surface area contributed by atoms with E-state index in [9.17, 15) is 4.57 Å². The zero-order valence-electron chi connectivity index (χ0n) is 5.80. The molecule has 66 valence electrons. The van der Waals surface area contributed by atoms with Gasteiger partial charge in [0.25, 0.3) is 0 Å². The second-order valence-electron chi connectivity index (χ2n) is 1.77. The van der Waals surface area contributed by atoms with E-state index >= 15 is 0 Å². The Labute approximate surface area is 64.1 Å². The first-order valence-electron chi connectivity index (χ1n) is 2.80. The van der Waals surface area contributed by atoms with Crippen LogP contribution in [0.5, 0.6) is 0 Å². The standard InChI is InChI=1S/C4H11N2O4P/c5-3-4(6)1-2-10-11(7,8)9/h1H,2-3,5-6H2,(H2,7,8,9). The van der Waals surface area contributed by atoms with Gasteiger partial charge in [-0.05, 0) is 6.08 Å². The summed E-state index contributed by atoms with van der Waals surface area (Å²) in [7, 11) is -4.37. The lowest BCUT2D eigenvalue weighted by Gasteiger charge is -2.01. The molecule has 0 aliphatic carbocycles. The van der Waals surface area contributed by atoms with Crippen molar-refractivity contribution in [3.05, 3.63) is 11.8 Å². The van der Waals surface area contributed by atoms with Gasteiger partial charge in [-0.1, -0.05) is 0 Å². The first-order valence-corrected chi connectivity index (χ1v) is 4.33. The highest BCUT2D eigenvalue weighted by molar-refractivity contribution is 7.46. The fourth-order valence-electron chi connectivity index (χ4n) is 0.325. The summed E-state index contributed by atoms with van der Waals surface area (Å²) in [4.78, 5) is 16.4. The molecule has 0 radical (unpaired) electrons. The van der Waals surface area contributed by atoms with Crippen molar-refractivity contribution in [3.8, 4) is 0 Å². The van der Waals surface area contributed by atoms with E-state index in [0.717, 1.165) is 0 Å². The molecule has 6 nitrogen and oxygen atoms in total. The molecular formula is C4H11N2O4P. The third-order valence-electron chi connectivity index (χ3n) is 0.824. The highest BCUT2D eigenvalue weighted by Crippen LogP contribution is 2.35. The third-order valence-corrected chi connectivity index (χ3v) is 1.31. The fourth-order valence-corrected chi connectivity index (χ4v) is 0.593. The average molecular weight is 182 g/mol. The summed E-state index contributed by atoms with van der Waals surface area (Å²) in [5.74, 6) is 0. The van der Waals surface area contributed by atoms with Gasteiger partial charge in [0.15, 0.2) is 0 Å². The van der Waals surface area contributed by atoms with Crippen molar-refractivity contribution >= 4 is 7.82 Å². The highest BCUT2D eigenvalue weighted by Gasteiger charge is 2.11. The van der Waals surface area contributed by atoms with Crippen molar-refractivity contribution in [1.29, 1.82) is 0 Å². The van der Waals surface area contributed by atoms with Gasteiger partial charge in [-0.25, -0.2) is 4.57 Å². The maximum Gasteiger partial charge on any atom is 0.469 e. The number of hydrogen-bond donors (Lipinski definition) is 4. The third kappa shape index (κ3) is 7.51. The smallest absolute Gasteiger partial charge is 0.401 e. The molecule has 0 unspecified atom stereocenters. The lowest BCUT2D eigenvalue weighted by atomic mass is 10.4. The normalized spacial score (nSPS) is 13.5. The van der Waals surface area contributed by atoms with Crippen LogP contribution in [0.25, 0.3) is 0 Å². The van der Waals surface area contributed by atoms with E-state index in [1.165, 1.54) is 6.08 Å². The predicted molar refractivity (Wildman–Crippen MR) is 39.3 cm³/mol. The fraction of sp³-hybridized carbons (Fsp3) is 0.500. The largest absolute Gasteiger partial charge is 0.469 e. The van der Waals surface area contributed by atoms with E-state index in [1.807, 2.05) is 0 Å². The minimum atomic E-state index is -4.37. The molecule has 0 atom stereocenters. The van der Waals surface area contributed by atoms with Gasteiger partial charge in [0.05, 0.1) is 6.61 Å². The molecule has 0 rings (SSSR count). The van der Waals surface area contributed by atoms with Gasteiger partial charge >= 0.3 is 7.82 Å². The van der Waals surface area contributed by atoms with Gasteiger partial charge in [0.2, 0.25) is 0 Å². The van der Waals surface area contributed by atoms with Crippen LogP contribution in [0.15, 0.2) is 11.8 Å². The number of nitrogens with two attached hydrogens (primary N) is 2. The molecule has 0 spiro atoms. The Kier molecular flexibility index (Phi) is 4.32. The molecule has 0 amide bonds. The molecule has 0 saturated carbocycles. The number of rotatable bonds is 4. The van der Waals surface area contributed by atoms with Crippen LogP contribution in [-0.4, -0.2) is 22.9 Å². The maximum absolute atomic E-state index is 10.1. The summed E-state index contributed by atoms with van der Waals surface area (Å²) < 4.78 is 14.1. The van der Waals surface area contributed by atoms with Crippen molar-refractivity contribution in [2.75, 3.05) is 13.2 Å². The molecule has 0 aliphatic heterocycles. The molecule has 0 aromatic carbocycles. The second-order valence-corrected chi connectivity index (χ2v) is 3.01. The van der Waals surface area contributed by atoms with Gasteiger partial charge in [0, 0.05) is 12.2 Å². The maximum atomic E-state index is 10.1. The zero-order valence-corrected chi connectivity index (χ0v) is 6.70. The highest BCUT2D eigenvalue weighted by atomic mass is 31.2. The van der Waals surface area contributed by atoms with Crippen LogP contribution in [0.1, 0.15) is 0 Å². The Morgan fingerprint density at radius 2 is 2.18 bits per heavy atom. The average Bonchev–Trinajstić information content (AvgIpc) is 1.85. The summed E-state index contributed by atoms with van der Waals surface area (Å²) in [6, 6.07) is 0. The van der Waals surface area contributed by atoms with Gasteiger partial charge in [-0.3, -0.25) is 4.52 Å². The van der Waals surface area contributed by atoms with Crippen LogP contribution >= 0.6 is 7.82 Å². The van der Waals surface area contributed by atoms with E-state index in [4.69, 9.17) is 21.3 Å². The summed E-state index contributed by atoms with van der Waals surface area (Å²) in [5.41, 5.74) is 10.6. The molecule has 0 aromatic heterocycles. The zero-order chi connectivity index (χ0) is 8.91. The van der Waals surface area contributed by atoms with Crippen molar-refractivity contribution in [1.82, 2.24) is 0 Å². The second kappa shape index (κ2) is 4.48. The molecule has 0 heterocycles. The number of phosphoric acid groups is 1. The monoisotopic (exact) mass is 182 g/mol. The Morgan fingerprint density at radius 3 is 2.55 bits per heavy atom. The van der Waals surface area contributed by atoms with E-state index in [2.05, 4.69) is 4.52 Å². The summed E-state index contributed by atoms with van der Waals surface area (Å²) in [6.07, 6.45) is 1.30. The molecule has 6 N–H and O–H groups in total. The molecule has 7 heteroatoms. The molecule has 0 fully saturated rings. The van der Waals surface area contributed by atoms with Crippen molar-refractivity contribution in [2.45, 2.75) is 0 Å². The minimum absolute atomic E-state index is 0.143. The van der Waals surface area contributed by atoms with Gasteiger partial charge in [-0.15, -0.1) is 0 Å². The molecule has 0 aliphatic rings. The summed E-state index contributed by atoms with van der Waals surface area (Å²) >= 11 is 0. The van der Waals surface area contributed by atoms with Crippen molar-refractivity contribution in [3.63, 3.8) is 0 Å². The first-order chi connectivity index (χ1) is 4.95. The summed E-state index contributed by atoms with van der Waals surface area (Å²) in [5, 5.41) is 0.